The van der Waals surface area contributed by atoms with E-state index in [1.54, 1.807) is 11.6 Å². The van der Waals surface area contributed by atoms with Gasteiger partial charge in [-0.25, -0.2) is 9.67 Å². The highest BCUT2D eigenvalue weighted by Crippen LogP contribution is 2.26. The van der Waals surface area contributed by atoms with Gasteiger partial charge in [0.25, 0.3) is 5.56 Å². The summed E-state index contributed by atoms with van der Waals surface area (Å²) in [5.74, 6) is -0.293. The number of carbonyl (C=O) groups excluding carboxylic acids is 1. The van der Waals surface area contributed by atoms with Crippen molar-refractivity contribution in [3.05, 3.63) is 21.0 Å². The normalized spacial score (nSPS) is 16.4. The van der Waals surface area contributed by atoms with Gasteiger partial charge in [0.1, 0.15) is 5.39 Å². The van der Waals surface area contributed by atoms with Crippen LogP contribution in [0.25, 0.3) is 11.0 Å². The second-order valence-electron chi connectivity index (χ2n) is 6.15. The Morgan fingerprint density at radius 1 is 1.46 bits per heavy atom. The van der Waals surface area contributed by atoms with Gasteiger partial charge in [0, 0.05) is 13.2 Å². The number of aromatic amines is 1. The molecule has 4 rings (SSSR count). The van der Waals surface area contributed by atoms with Crippen molar-refractivity contribution >= 4 is 56.8 Å². The summed E-state index contributed by atoms with van der Waals surface area (Å²) in [5, 5.41) is 15.0. The van der Waals surface area contributed by atoms with Crippen molar-refractivity contribution in [1.29, 1.82) is 0 Å². The van der Waals surface area contributed by atoms with Gasteiger partial charge in [-0.3, -0.25) is 14.9 Å². The third-order valence-corrected chi connectivity index (χ3v) is 6.18. The van der Waals surface area contributed by atoms with E-state index in [2.05, 4.69) is 30.6 Å². The van der Waals surface area contributed by atoms with Gasteiger partial charge in [-0.15, -0.1) is 10.2 Å². The summed E-state index contributed by atoms with van der Waals surface area (Å²) in [7, 11) is 0. The summed E-state index contributed by atoms with van der Waals surface area (Å²) in [5.41, 5.74) is 0.232. The van der Waals surface area contributed by atoms with E-state index in [9.17, 15) is 9.59 Å². The van der Waals surface area contributed by atoms with E-state index in [1.807, 2.05) is 0 Å². The number of hydrogen-bond acceptors (Lipinski definition) is 9. The van der Waals surface area contributed by atoms with Crippen LogP contribution >= 0.6 is 34.7 Å². The molecule has 28 heavy (non-hydrogen) atoms. The number of hydrogen-bond donors (Lipinski definition) is 2. The Hall–Kier alpha value is -2.02. The Morgan fingerprint density at radius 2 is 2.25 bits per heavy atom. The zero-order chi connectivity index (χ0) is 19.7. The smallest absolute Gasteiger partial charge is 0.262 e. The van der Waals surface area contributed by atoms with Crippen molar-refractivity contribution in [2.45, 2.75) is 36.2 Å². The van der Waals surface area contributed by atoms with E-state index < -0.39 is 5.25 Å². The molecule has 13 heteroatoms. The molecule has 148 valence electrons. The molecule has 1 saturated heterocycles. The predicted molar refractivity (Wildman–Crippen MR) is 106 cm³/mol. The molecule has 0 aromatic carbocycles. The molecule has 0 radical (unpaired) electrons. The maximum atomic E-state index is 12.4. The molecule has 0 aliphatic carbocycles. The Labute approximate surface area is 172 Å². The molecule has 4 heterocycles. The van der Waals surface area contributed by atoms with Crippen LogP contribution in [0.15, 0.2) is 16.1 Å². The molecule has 1 amide bonds. The van der Waals surface area contributed by atoms with E-state index >= 15 is 0 Å². The number of halogens is 1. The van der Waals surface area contributed by atoms with E-state index in [4.69, 9.17) is 16.3 Å². The van der Waals surface area contributed by atoms with Crippen molar-refractivity contribution in [3.63, 3.8) is 0 Å². The SMILES string of the molecule is CC(Sc1nc2c(cnn2C2CCOCC2)c(=O)[nH]1)C(=O)Nc1nnc(Cl)s1. The number of anilines is 1. The Kier molecular flexibility index (Phi) is 5.62. The lowest BCUT2D eigenvalue weighted by Gasteiger charge is -2.22. The molecule has 0 saturated carbocycles. The standard InChI is InChI=1S/C15H16ClN7O3S2/c1-7(11(24)19-15-22-21-13(16)28-15)27-14-18-10-9(12(25)20-14)6-17-23(10)8-2-4-26-5-3-8/h6-8H,2-5H2,1H3,(H,18,20,25)(H,19,22,24). The number of nitrogens with zero attached hydrogens (tertiary/aromatic N) is 5. The first-order valence-electron chi connectivity index (χ1n) is 8.53. The number of thioether (sulfide) groups is 1. The summed E-state index contributed by atoms with van der Waals surface area (Å²) >= 11 is 7.93. The average molecular weight is 442 g/mol. The Morgan fingerprint density at radius 3 is 2.96 bits per heavy atom. The zero-order valence-electron chi connectivity index (χ0n) is 14.7. The molecular formula is C15H16ClN7O3S2. The zero-order valence-corrected chi connectivity index (χ0v) is 17.1. The van der Waals surface area contributed by atoms with Crippen LogP contribution < -0.4 is 10.9 Å². The third kappa shape index (κ3) is 4.04. The van der Waals surface area contributed by atoms with Gasteiger partial charge in [-0.05, 0) is 31.4 Å². The molecular weight excluding hydrogens is 426 g/mol. The molecule has 1 unspecified atom stereocenters. The van der Waals surface area contributed by atoms with Gasteiger partial charge in [0.15, 0.2) is 10.8 Å². The van der Waals surface area contributed by atoms with Crippen LogP contribution in [0.3, 0.4) is 0 Å². The molecule has 1 fully saturated rings. The number of nitrogens with one attached hydrogen (secondary N) is 2. The lowest BCUT2D eigenvalue weighted by Crippen LogP contribution is -2.23. The number of carbonyl (C=O) groups is 1. The van der Waals surface area contributed by atoms with Gasteiger partial charge in [0.2, 0.25) is 15.5 Å². The van der Waals surface area contributed by atoms with E-state index in [-0.39, 0.29) is 22.0 Å². The number of rotatable bonds is 5. The fourth-order valence-electron chi connectivity index (χ4n) is 2.85. The van der Waals surface area contributed by atoms with E-state index in [0.717, 1.165) is 35.9 Å². The highest BCUT2D eigenvalue weighted by Gasteiger charge is 2.22. The predicted octanol–water partition coefficient (Wildman–Crippen LogP) is 2.10. The van der Waals surface area contributed by atoms with Crippen LogP contribution in [-0.2, 0) is 9.53 Å². The topological polar surface area (TPSA) is 128 Å². The highest BCUT2D eigenvalue weighted by molar-refractivity contribution is 8.00. The van der Waals surface area contributed by atoms with Gasteiger partial charge < -0.3 is 9.72 Å². The van der Waals surface area contributed by atoms with Crippen molar-refractivity contribution in [2.24, 2.45) is 0 Å². The number of aromatic nitrogens is 6. The summed E-state index contributed by atoms with van der Waals surface area (Å²) in [6, 6.07) is 0.140. The summed E-state index contributed by atoms with van der Waals surface area (Å²) in [6.07, 6.45) is 3.16. The molecule has 1 atom stereocenters. The molecule has 1 aliphatic heterocycles. The van der Waals surface area contributed by atoms with Crippen LogP contribution in [0.5, 0.6) is 0 Å². The van der Waals surface area contributed by atoms with Crippen molar-refractivity contribution in [1.82, 2.24) is 29.9 Å². The van der Waals surface area contributed by atoms with E-state index in [0.29, 0.717) is 34.5 Å². The van der Waals surface area contributed by atoms with Crippen molar-refractivity contribution in [2.75, 3.05) is 18.5 Å². The molecule has 3 aromatic heterocycles. The third-order valence-electron chi connectivity index (χ3n) is 4.27. The summed E-state index contributed by atoms with van der Waals surface area (Å²) in [4.78, 5) is 32.0. The molecule has 3 aromatic rings. The monoisotopic (exact) mass is 441 g/mol. The lowest BCUT2D eigenvalue weighted by molar-refractivity contribution is -0.115. The van der Waals surface area contributed by atoms with Crippen molar-refractivity contribution < 1.29 is 9.53 Å². The minimum Gasteiger partial charge on any atom is -0.381 e. The molecule has 0 bridgehead atoms. The second-order valence-corrected chi connectivity index (χ2v) is 9.04. The van der Waals surface area contributed by atoms with Crippen LogP contribution in [0.1, 0.15) is 25.8 Å². The van der Waals surface area contributed by atoms with Crippen LogP contribution in [-0.4, -0.2) is 54.3 Å². The lowest BCUT2D eigenvalue weighted by atomic mass is 10.1. The van der Waals surface area contributed by atoms with Gasteiger partial charge in [0.05, 0.1) is 17.5 Å². The molecule has 1 aliphatic rings. The van der Waals surface area contributed by atoms with Crippen LogP contribution in [0.2, 0.25) is 4.47 Å². The number of amides is 1. The van der Waals surface area contributed by atoms with E-state index in [1.165, 1.54) is 6.20 Å². The fraction of sp³-hybridized carbons (Fsp3) is 0.467. The first-order chi connectivity index (χ1) is 13.5. The Bertz CT molecular complexity index is 1060. The van der Waals surface area contributed by atoms with Crippen LogP contribution in [0.4, 0.5) is 5.13 Å². The second kappa shape index (κ2) is 8.15. The minimum atomic E-state index is -0.525. The molecule has 0 spiro atoms. The molecule has 10 nitrogen and oxygen atoms in total. The molecule has 2 N–H and O–H groups in total. The van der Waals surface area contributed by atoms with Crippen LogP contribution in [0, 0.1) is 0 Å². The first kappa shape index (κ1) is 19.3. The summed E-state index contributed by atoms with van der Waals surface area (Å²) < 4.78 is 7.42. The minimum absolute atomic E-state index is 0.140. The largest absolute Gasteiger partial charge is 0.381 e. The maximum Gasteiger partial charge on any atom is 0.262 e. The Balaban J connectivity index is 1.54. The van der Waals surface area contributed by atoms with Gasteiger partial charge >= 0.3 is 0 Å². The maximum absolute atomic E-state index is 12.4. The van der Waals surface area contributed by atoms with Crippen molar-refractivity contribution in [3.8, 4) is 0 Å². The first-order valence-corrected chi connectivity index (χ1v) is 10.6. The number of fused-ring (bicyclic) bond motifs is 1. The average Bonchev–Trinajstić information content (AvgIpc) is 3.28. The summed E-state index contributed by atoms with van der Waals surface area (Å²) in [6.45, 7) is 3.02. The quantitative estimate of drug-likeness (QED) is 0.455. The van der Waals surface area contributed by atoms with Gasteiger partial charge in [-0.2, -0.15) is 5.10 Å². The number of H-pyrrole nitrogens is 1. The fourth-order valence-corrected chi connectivity index (χ4v) is 4.38. The number of ether oxygens (including phenoxy) is 1. The van der Waals surface area contributed by atoms with Gasteiger partial charge in [-0.1, -0.05) is 23.1 Å². The highest BCUT2D eigenvalue weighted by atomic mass is 35.5.